The van der Waals surface area contributed by atoms with Gasteiger partial charge < -0.3 is 10.4 Å². The Morgan fingerprint density at radius 2 is 2.05 bits per heavy atom. The molecule has 1 fully saturated rings. The fourth-order valence-corrected chi connectivity index (χ4v) is 2.73. The number of nitrogens with zero attached hydrogens (tertiary/aromatic N) is 1. The van der Waals surface area contributed by atoms with Gasteiger partial charge in [0.25, 0.3) is 5.91 Å². The highest BCUT2D eigenvalue weighted by Crippen LogP contribution is 2.30. The minimum Gasteiger partial charge on any atom is -0.502 e. The summed E-state index contributed by atoms with van der Waals surface area (Å²) in [6, 6.07) is 3.96. The van der Waals surface area contributed by atoms with Gasteiger partial charge in [-0.1, -0.05) is 25.8 Å². The van der Waals surface area contributed by atoms with Crippen LogP contribution in [-0.2, 0) is 0 Å². The van der Waals surface area contributed by atoms with Crippen LogP contribution in [0.2, 0.25) is 0 Å². The molecule has 1 saturated carbocycles. The molecule has 0 heterocycles. The zero-order chi connectivity index (χ0) is 15.4. The monoisotopic (exact) mass is 292 g/mol. The maximum Gasteiger partial charge on any atom is 0.311 e. The van der Waals surface area contributed by atoms with Crippen LogP contribution in [0, 0.1) is 22.0 Å². The number of nitro groups is 1. The molecule has 6 heteroatoms. The second kappa shape index (κ2) is 6.56. The van der Waals surface area contributed by atoms with E-state index in [1.165, 1.54) is 31.0 Å². The van der Waals surface area contributed by atoms with Gasteiger partial charge in [0.05, 0.1) is 10.5 Å². The van der Waals surface area contributed by atoms with Gasteiger partial charge in [-0.15, -0.1) is 0 Å². The molecule has 0 aromatic heterocycles. The van der Waals surface area contributed by atoms with Crippen molar-refractivity contribution in [3.05, 3.63) is 33.9 Å². The van der Waals surface area contributed by atoms with Crippen molar-refractivity contribution in [1.29, 1.82) is 0 Å². The summed E-state index contributed by atoms with van der Waals surface area (Å²) in [7, 11) is 0. The number of nitrogens with one attached hydrogen (secondary N) is 1. The van der Waals surface area contributed by atoms with E-state index in [1.807, 2.05) is 0 Å². The quantitative estimate of drug-likeness (QED) is 0.659. The van der Waals surface area contributed by atoms with E-state index in [2.05, 4.69) is 12.2 Å². The highest BCUT2D eigenvalue weighted by Gasteiger charge is 2.22. The maximum absolute atomic E-state index is 12.1. The summed E-state index contributed by atoms with van der Waals surface area (Å²) in [5.74, 6) is 0.163. The van der Waals surface area contributed by atoms with Gasteiger partial charge in [0.1, 0.15) is 0 Å². The Labute approximate surface area is 123 Å². The SMILES string of the molecule is CC1CCC(CNC(=O)c2cccc([N+](=O)[O-])c2O)CC1. The Bertz CT molecular complexity index is 536. The zero-order valence-corrected chi connectivity index (χ0v) is 12.0. The highest BCUT2D eigenvalue weighted by atomic mass is 16.6. The van der Waals surface area contributed by atoms with Gasteiger partial charge in [-0.3, -0.25) is 14.9 Å². The normalized spacial score (nSPS) is 21.8. The number of hydrogen-bond acceptors (Lipinski definition) is 4. The van der Waals surface area contributed by atoms with Crippen LogP contribution in [0.3, 0.4) is 0 Å². The van der Waals surface area contributed by atoms with E-state index in [0.29, 0.717) is 12.5 Å². The number of carbonyl (C=O) groups excluding carboxylic acids is 1. The fraction of sp³-hybridized carbons (Fsp3) is 0.533. The predicted molar refractivity (Wildman–Crippen MR) is 78.2 cm³/mol. The number of phenolic OH excluding ortho intramolecular Hbond substituents is 1. The lowest BCUT2D eigenvalue weighted by Gasteiger charge is -2.26. The molecule has 0 aliphatic heterocycles. The Kier molecular flexibility index (Phi) is 4.77. The van der Waals surface area contributed by atoms with Crippen molar-refractivity contribution < 1.29 is 14.8 Å². The summed E-state index contributed by atoms with van der Waals surface area (Å²) in [5, 5.41) is 23.3. The van der Waals surface area contributed by atoms with Crippen LogP contribution in [0.1, 0.15) is 43.0 Å². The number of hydrogen-bond donors (Lipinski definition) is 2. The molecule has 114 valence electrons. The topological polar surface area (TPSA) is 92.5 Å². The molecule has 6 nitrogen and oxygen atoms in total. The lowest BCUT2D eigenvalue weighted by atomic mass is 9.83. The van der Waals surface area contributed by atoms with Gasteiger partial charge >= 0.3 is 5.69 Å². The molecular weight excluding hydrogens is 272 g/mol. The molecule has 2 N–H and O–H groups in total. The highest BCUT2D eigenvalue weighted by molar-refractivity contribution is 5.98. The largest absolute Gasteiger partial charge is 0.502 e. The third-order valence-corrected chi connectivity index (χ3v) is 4.14. The predicted octanol–water partition coefficient (Wildman–Crippen LogP) is 2.86. The summed E-state index contributed by atoms with van der Waals surface area (Å²) in [4.78, 5) is 22.1. The second-order valence-electron chi connectivity index (χ2n) is 5.77. The van der Waals surface area contributed by atoms with Crippen molar-refractivity contribution in [2.24, 2.45) is 11.8 Å². The van der Waals surface area contributed by atoms with Crippen molar-refractivity contribution >= 4 is 11.6 Å². The number of aromatic hydroxyl groups is 1. The average molecular weight is 292 g/mol. The summed E-state index contributed by atoms with van der Waals surface area (Å²) >= 11 is 0. The van der Waals surface area contributed by atoms with Crippen molar-refractivity contribution in [1.82, 2.24) is 5.32 Å². The summed E-state index contributed by atoms with van der Waals surface area (Å²) in [6.07, 6.45) is 4.51. The number of para-hydroxylation sites is 1. The molecule has 1 aliphatic carbocycles. The molecule has 0 atom stereocenters. The van der Waals surface area contributed by atoms with Gasteiger partial charge in [-0.25, -0.2) is 0 Å². The zero-order valence-electron chi connectivity index (χ0n) is 12.0. The van der Waals surface area contributed by atoms with Crippen molar-refractivity contribution in [2.45, 2.75) is 32.6 Å². The third kappa shape index (κ3) is 3.71. The Hall–Kier alpha value is -2.11. The summed E-state index contributed by atoms with van der Waals surface area (Å²) < 4.78 is 0. The molecule has 0 spiro atoms. The Morgan fingerprint density at radius 3 is 2.67 bits per heavy atom. The standard InChI is InChI=1S/C15H20N2O4/c1-10-5-7-11(8-6-10)9-16-15(19)12-3-2-4-13(14(12)18)17(20)21/h2-4,10-11,18H,5-9H2,1H3,(H,16,19). The van der Waals surface area contributed by atoms with Gasteiger partial charge in [0.2, 0.25) is 5.75 Å². The number of phenols is 1. The van der Waals surface area contributed by atoms with Gasteiger partial charge in [0.15, 0.2) is 0 Å². The van der Waals surface area contributed by atoms with Crippen LogP contribution in [0.15, 0.2) is 18.2 Å². The first kappa shape index (κ1) is 15.3. The van der Waals surface area contributed by atoms with Crippen LogP contribution in [0.25, 0.3) is 0 Å². The van der Waals surface area contributed by atoms with Crippen LogP contribution in [0.4, 0.5) is 5.69 Å². The lowest BCUT2D eigenvalue weighted by molar-refractivity contribution is -0.385. The Morgan fingerprint density at radius 1 is 1.38 bits per heavy atom. The average Bonchev–Trinajstić information content (AvgIpc) is 2.46. The van der Waals surface area contributed by atoms with E-state index in [1.54, 1.807) is 0 Å². The number of amides is 1. The first-order valence-electron chi connectivity index (χ1n) is 7.23. The molecule has 2 rings (SSSR count). The number of rotatable bonds is 4. The van der Waals surface area contributed by atoms with Gasteiger partial charge in [-0.2, -0.15) is 0 Å². The first-order valence-corrected chi connectivity index (χ1v) is 7.23. The smallest absolute Gasteiger partial charge is 0.311 e. The van der Waals surface area contributed by atoms with Crippen LogP contribution in [0.5, 0.6) is 5.75 Å². The Balaban J connectivity index is 1.97. The van der Waals surface area contributed by atoms with Crippen molar-refractivity contribution in [3.63, 3.8) is 0 Å². The molecule has 0 bridgehead atoms. The van der Waals surface area contributed by atoms with Crippen LogP contribution in [-0.4, -0.2) is 22.5 Å². The van der Waals surface area contributed by atoms with E-state index in [-0.39, 0.29) is 5.56 Å². The van der Waals surface area contributed by atoms with E-state index < -0.39 is 22.3 Å². The first-order chi connectivity index (χ1) is 9.99. The number of nitro benzene ring substituents is 1. The maximum atomic E-state index is 12.1. The molecule has 1 aliphatic rings. The van der Waals surface area contributed by atoms with Gasteiger partial charge in [-0.05, 0) is 30.7 Å². The lowest BCUT2D eigenvalue weighted by Crippen LogP contribution is -2.31. The number of benzene rings is 1. The van der Waals surface area contributed by atoms with E-state index in [4.69, 9.17) is 0 Å². The second-order valence-corrected chi connectivity index (χ2v) is 5.77. The van der Waals surface area contributed by atoms with Crippen molar-refractivity contribution in [3.8, 4) is 5.75 Å². The van der Waals surface area contributed by atoms with E-state index in [9.17, 15) is 20.0 Å². The molecule has 0 unspecified atom stereocenters. The minimum atomic E-state index is -0.700. The molecule has 0 radical (unpaired) electrons. The van der Waals surface area contributed by atoms with Gasteiger partial charge in [0, 0.05) is 12.6 Å². The van der Waals surface area contributed by atoms with Crippen LogP contribution < -0.4 is 5.32 Å². The molecule has 21 heavy (non-hydrogen) atoms. The van der Waals surface area contributed by atoms with Crippen LogP contribution >= 0.6 is 0 Å². The van der Waals surface area contributed by atoms with E-state index >= 15 is 0 Å². The molecule has 1 aromatic rings. The molecular formula is C15H20N2O4. The fourth-order valence-electron chi connectivity index (χ4n) is 2.73. The third-order valence-electron chi connectivity index (χ3n) is 4.14. The molecule has 1 amide bonds. The van der Waals surface area contributed by atoms with E-state index in [0.717, 1.165) is 18.8 Å². The minimum absolute atomic E-state index is 0.0478. The molecule has 1 aromatic carbocycles. The summed E-state index contributed by atoms with van der Waals surface area (Å²) in [6.45, 7) is 2.78. The molecule has 0 saturated heterocycles. The summed E-state index contributed by atoms with van der Waals surface area (Å²) in [5.41, 5.74) is -0.498. The number of carbonyl (C=O) groups is 1. The van der Waals surface area contributed by atoms with Crippen molar-refractivity contribution in [2.75, 3.05) is 6.54 Å².